The van der Waals surface area contributed by atoms with E-state index < -0.39 is 57.8 Å². The highest BCUT2D eigenvalue weighted by molar-refractivity contribution is 5.66. The molecule has 0 aromatic rings. The highest BCUT2D eigenvalue weighted by Gasteiger charge is 2.75. The van der Waals surface area contributed by atoms with Gasteiger partial charge in [-0.05, 0) is 60.7 Å². The molecule has 0 aromatic heterocycles. The number of aliphatic carboxylic acids is 1. The molecule has 11 heteroatoms. The molecule has 214 valence electrons. The van der Waals surface area contributed by atoms with Gasteiger partial charge in [0.2, 0.25) is 17.4 Å². The van der Waals surface area contributed by atoms with Gasteiger partial charge in [-0.1, -0.05) is 20.8 Å². The van der Waals surface area contributed by atoms with Crippen molar-refractivity contribution < 1.29 is 53.8 Å². The van der Waals surface area contributed by atoms with Crippen LogP contribution >= 0.6 is 0 Å². The molecule has 38 heavy (non-hydrogen) atoms. The van der Waals surface area contributed by atoms with E-state index in [4.69, 9.17) is 14.2 Å². The second kappa shape index (κ2) is 9.75. The van der Waals surface area contributed by atoms with Gasteiger partial charge in [-0.3, -0.25) is 19.2 Å². The first kappa shape index (κ1) is 28.8. The summed E-state index contributed by atoms with van der Waals surface area (Å²) in [5, 5.41) is 44.2. The summed E-state index contributed by atoms with van der Waals surface area (Å²) in [4.78, 5) is 45.7. The molecule has 0 amide bonds. The van der Waals surface area contributed by atoms with Gasteiger partial charge in [-0.2, -0.15) is 0 Å². The summed E-state index contributed by atoms with van der Waals surface area (Å²) >= 11 is 0. The van der Waals surface area contributed by atoms with Crippen molar-refractivity contribution in [1.29, 1.82) is 0 Å². The first-order chi connectivity index (χ1) is 17.7. The lowest BCUT2D eigenvalue weighted by atomic mass is 9.41. The Hall–Kier alpha value is -2.24. The maximum absolute atomic E-state index is 12.1. The third-order valence-corrected chi connectivity index (χ3v) is 11.3. The molecule has 0 saturated heterocycles. The summed E-state index contributed by atoms with van der Waals surface area (Å²) in [6.45, 7) is 6.39. The Morgan fingerprint density at radius 2 is 1.58 bits per heavy atom. The van der Waals surface area contributed by atoms with E-state index in [2.05, 4.69) is 0 Å². The van der Waals surface area contributed by atoms with Crippen molar-refractivity contribution in [3.8, 4) is 0 Å². The minimum absolute atomic E-state index is 0.00666. The average molecular weight is 541 g/mol. The third-order valence-electron chi connectivity index (χ3n) is 11.3. The van der Waals surface area contributed by atoms with Gasteiger partial charge in [0.25, 0.3) is 19.4 Å². The fraction of sp³-hybridized carbons (Fsp3) is 0.852. The molecule has 0 aliphatic heterocycles. The topological polar surface area (TPSA) is 177 Å². The molecular formula is C27H40O11. The molecule has 11 nitrogen and oxygen atoms in total. The maximum Gasteiger partial charge on any atom is 0.303 e. The molecule has 0 unspecified atom stereocenters. The van der Waals surface area contributed by atoms with Gasteiger partial charge in [0, 0.05) is 43.4 Å². The normalized spacial score (nSPS) is 48.4. The third kappa shape index (κ3) is 4.21. The molecule has 4 fully saturated rings. The molecular weight excluding hydrogens is 500 g/mol. The number of hydrogen-bond donors (Lipinski definition) is 4. The molecule has 0 radical (unpaired) electrons. The van der Waals surface area contributed by atoms with E-state index in [1.807, 2.05) is 20.8 Å². The average Bonchev–Trinajstić information content (AvgIpc) is 3.18. The van der Waals surface area contributed by atoms with E-state index in [9.17, 15) is 39.6 Å². The van der Waals surface area contributed by atoms with Gasteiger partial charge < -0.3 is 34.6 Å². The summed E-state index contributed by atoms with van der Waals surface area (Å²) in [5.41, 5.74) is -1.62. The van der Waals surface area contributed by atoms with Crippen LogP contribution < -0.4 is 0 Å². The van der Waals surface area contributed by atoms with Gasteiger partial charge in [-0.15, -0.1) is 0 Å². The molecule has 0 heterocycles. The minimum Gasteiger partial charge on any atom is -0.481 e. The van der Waals surface area contributed by atoms with Gasteiger partial charge >= 0.3 is 5.97 Å². The summed E-state index contributed by atoms with van der Waals surface area (Å²) in [6.07, 6.45) is 2.03. The smallest absolute Gasteiger partial charge is 0.303 e. The zero-order valence-corrected chi connectivity index (χ0v) is 22.2. The van der Waals surface area contributed by atoms with Crippen LogP contribution in [0.3, 0.4) is 0 Å². The Labute approximate surface area is 221 Å². The van der Waals surface area contributed by atoms with Crippen molar-refractivity contribution in [1.82, 2.24) is 0 Å². The second-order valence-electron chi connectivity index (χ2n) is 12.6. The quantitative estimate of drug-likeness (QED) is 0.181. The maximum atomic E-state index is 12.1. The Balaban J connectivity index is 1.80. The van der Waals surface area contributed by atoms with E-state index in [1.54, 1.807) is 0 Å². The molecule has 4 aliphatic carbocycles. The van der Waals surface area contributed by atoms with Crippen LogP contribution in [0.2, 0.25) is 0 Å². The van der Waals surface area contributed by atoms with Crippen LogP contribution in [-0.4, -0.2) is 63.2 Å². The van der Waals surface area contributed by atoms with Crippen LogP contribution in [0.15, 0.2) is 0 Å². The summed E-state index contributed by atoms with van der Waals surface area (Å²) < 4.78 is 15.9. The number of carboxylic acid groups (broad SMARTS) is 1. The molecule has 0 aromatic carbocycles. The van der Waals surface area contributed by atoms with E-state index in [0.29, 0.717) is 25.7 Å². The molecule has 4 rings (SSSR count). The Morgan fingerprint density at radius 3 is 2.18 bits per heavy atom. The van der Waals surface area contributed by atoms with Gasteiger partial charge in [0.05, 0.1) is 0 Å². The molecule has 11 atom stereocenters. The zero-order valence-electron chi connectivity index (χ0n) is 22.2. The lowest BCUT2D eigenvalue weighted by molar-refractivity contribution is -0.370. The van der Waals surface area contributed by atoms with Crippen LogP contribution in [0.1, 0.15) is 78.6 Å². The number of ether oxygens (including phenoxy) is 3. The first-order valence-corrected chi connectivity index (χ1v) is 13.5. The van der Waals surface area contributed by atoms with Crippen molar-refractivity contribution >= 4 is 25.4 Å². The Bertz CT molecular complexity index is 957. The number of carbonyl (C=O) groups excluding carboxylic acids is 3. The van der Waals surface area contributed by atoms with E-state index in [1.165, 1.54) is 0 Å². The SMILES string of the molecule is C[C@H](CCC(=O)O)[C@H]1CC[C@H]2[C@H]3[C@H](C[C@](O)(OC=O)[C@]12C)[C@@]1(C)CC[C@@](O)(OC=O)C[C@H]1C[C@@]3(O)OC=O. The molecule has 0 spiro atoms. The largest absolute Gasteiger partial charge is 0.481 e. The summed E-state index contributed by atoms with van der Waals surface area (Å²) in [7, 11) is 0. The van der Waals surface area contributed by atoms with Crippen molar-refractivity contribution in [2.24, 2.45) is 46.3 Å². The van der Waals surface area contributed by atoms with Crippen molar-refractivity contribution in [3.63, 3.8) is 0 Å². The lowest BCUT2D eigenvalue weighted by Crippen LogP contribution is -2.71. The first-order valence-electron chi connectivity index (χ1n) is 13.5. The molecule has 4 N–H and O–H groups in total. The number of rotatable bonds is 10. The molecule has 0 bridgehead atoms. The number of aliphatic hydroxyl groups is 3. The van der Waals surface area contributed by atoms with Crippen molar-refractivity contribution in [2.75, 3.05) is 0 Å². The predicted molar refractivity (Wildman–Crippen MR) is 128 cm³/mol. The fourth-order valence-corrected chi connectivity index (χ4v) is 9.32. The van der Waals surface area contributed by atoms with Gasteiger partial charge in [0.1, 0.15) is 0 Å². The van der Waals surface area contributed by atoms with Crippen molar-refractivity contribution in [2.45, 2.75) is 95.9 Å². The van der Waals surface area contributed by atoms with Crippen LogP contribution in [-0.2, 0) is 33.4 Å². The van der Waals surface area contributed by atoms with E-state index >= 15 is 0 Å². The van der Waals surface area contributed by atoms with Crippen LogP contribution in [0.25, 0.3) is 0 Å². The molecule has 4 saturated carbocycles. The van der Waals surface area contributed by atoms with Crippen LogP contribution in [0.5, 0.6) is 0 Å². The van der Waals surface area contributed by atoms with E-state index in [-0.39, 0.29) is 63.4 Å². The van der Waals surface area contributed by atoms with Crippen molar-refractivity contribution in [3.05, 3.63) is 0 Å². The Kier molecular flexibility index (Phi) is 7.38. The standard InChI is InChI=1S/C27H40O11/c1-16(4-7-21(31)32)18-5-6-19-22-20(12-27(35,38-15-30)24(18,19)3)23(2)8-9-25(33,36-13-28)10-17(23)11-26(22,34)37-14-29/h13-20,22,33-35H,4-12H2,1-3H3,(H,31,32)/t16-,17+,18-,19+,20+,22+,23+,24-,25-,26-,27+/m1/s1. The highest BCUT2D eigenvalue weighted by Crippen LogP contribution is 2.73. The van der Waals surface area contributed by atoms with E-state index in [0.717, 1.165) is 0 Å². The fourth-order valence-electron chi connectivity index (χ4n) is 9.32. The summed E-state index contributed by atoms with van der Waals surface area (Å²) in [5.74, 6) is -8.77. The molecule has 4 aliphatic rings. The second-order valence-corrected chi connectivity index (χ2v) is 12.6. The lowest BCUT2D eigenvalue weighted by Gasteiger charge is -2.67. The monoisotopic (exact) mass is 540 g/mol. The number of carbonyl (C=O) groups is 4. The van der Waals surface area contributed by atoms with Gasteiger partial charge in [-0.25, -0.2) is 0 Å². The summed E-state index contributed by atoms with van der Waals surface area (Å²) in [6, 6.07) is 0. The highest BCUT2D eigenvalue weighted by atomic mass is 16.7. The minimum atomic E-state index is -1.93. The van der Waals surface area contributed by atoms with Gasteiger partial charge in [0.15, 0.2) is 0 Å². The Morgan fingerprint density at radius 1 is 0.921 bits per heavy atom. The predicted octanol–water partition coefficient (Wildman–Crippen LogP) is 1.95. The van der Waals surface area contributed by atoms with Crippen LogP contribution in [0.4, 0.5) is 0 Å². The number of hydrogen-bond acceptors (Lipinski definition) is 10. The zero-order chi connectivity index (χ0) is 28.1. The van der Waals surface area contributed by atoms with Crippen LogP contribution in [0, 0.1) is 46.3 Å². The number of carboxylic acids is 1. The number of fused-ring (bicyclic) bond motifs is 5.